The van der Waals surface area contributed by atoms with Crippen LogP contribution < -0.4 is 10.1 Å². The topological polar surface area (TPSA) is 115 Å². The molecular weight excluding hydrogens is 452 g/mol. The first-order valence-electron chi connectivity index (χ1n) is 9.02. The number of ether oxygens (including phenoxy) is 1. The van der Waals surface area contributed by atoms with Crippen molar-refractivity contribution in [3.8, 4) is 11.4 Å². The smallest absolute Gasteiger partial charge is 0.410 e. The summed E-state index contributed by atoms with van der Waals surface area (Å²) in [5.41, 5.74) is 3.33. The summed E-state index contributed by atoms with van der Waals surface area (Å²) in [6.07, 6.45) is 1.70. The lowest BCUT2D eigenvalue weighted by molar-refractivity contribution is 0.207. The maximum Gasteiger partial charge on any atom is 0.410 e. The maximum atomic E-state index is 11.3. The minimum absolute atomic E-state index is 0.0862. The van der Waals surface area contributed by atoms with Crippen LogP contribution in [0, 0.1) is 6.92 Å². The van der Waals surface area contributed by atoms with Crippen molar-refractivity contribution in [2.75, 3.05) is 5.32 Å². The summed E-state index contributed by atoms with van der Waals surface area (Å²) in [6, 6.07) is 10.8. The molecule has 0 radical (unpaired) electrons. The summed E-state index contributed by atoms with van der Waals surface area (Å²) in [6.45, 7) is 3.69. The average Bonchev–Trinajstić information content (AvgIpc) is 3.22. The van der Waals surface area contributed by atoms with E-state index in [1.165, 1.54) is 0 Å². The lowest BCUT2D eigenvalue weighted by Gasteiger charge is -2.19. The zero-order chi connectivity index (χ0) is 21.3. The van der Waals surface area contributed by atoms with E-state index in [1.807, 2.05) is 44.3 Å². The van der Waals surface area contributed by atoms with Crippen LogP contribution in [0.3, 0.4) is 0 Å². The van der Waals surface area contributed by atoms with E-state index >= 15 is 0 Å². The Labute approximate surface area is 179 Å². The van der Waals surface area contributed by atoms with Crippen molar-refractivity contribution < 1.29 is 14.6 Å². The number of anilines is 1. The number of pyridine rings is 3. The fourth-order valence-electron chi connectivity index (χ4n) is 3.01. The highest BCUT2D eigenvalue weighted by molar-refractivity contribution is 9.10. The summed E-state index contributed by atoms with van der Waals surface area (Å²) in [7, 11) is 0. The molecule has 0 aliphatic rings. The summed E-state index contributed by atoms with van der Waals surface area (Å²) in [5, 5.41) is 15.8. The number of hydrogen-bond donors (Lipinski definition) is 2. The van der Waals surface area contributed by atoms with Crippen LogP contribution in [-0.4, -0.2) is 35.9 Å². The lowest BCUT2D eigenvalue weighted by atomic mass is 10.2. The van der Waals surface area contributed by atoms with Gasteiger partial charge in [0.25, 0.3) is 0 Å². The van der Waals surface area contributed by atoms with E-state index in [0.717, 1.165) is 11.4 Å². The Morgan fingerprint density at radius 1 is 1.20 bits per heavy atom. The fraction of sp³-hybridized carbons (Fsp3) is 0.150. The molecule has 1 unspecified atom stereocenters. The Hall–Kier alpha value is -3.53. The number of carbonyl (C=O) groups is 1. The van der Waals surface area contributed by atoms with Gasteiger partial charge in [0, 0.05) is 24.2 Å². The molecule has 2 N–H and O–H groups in total. The molecule has 9 nitrogen and oxygen atoms in total. The van der Waals surface area contributed by atoms with Gasteiger partial charge in [-0.05, 0) is 60.1 Å². The Morgan fingerprint density at radius 2 is 2.03 bits per heavy atom. The molecule has 0 saturated heterocycles. The number of amides is 1. The second-order valence-corrected chi connectivity index (χ2v) is 7.32. The number of nitrogens with one attached hydrogen (secondary N) is 1. The Kier molecular flexibility index (Phi) is 5.32. The van der Waals surface area contributed by atoms with Crippen LogP contribution >= 0.6 is 15.9 Å². The third kappa shape index (κ3) is 4.08. The third-order valence-electron chi connectivity index (χ3n) is 4.31. The SMILES string of the molecule is Cc1ccc2nc(NC(=O)O)c(OC(C)c3nc(Br)ccc3-n3cccn3)cc2n1. The van der Waals surface area contributed by atoms with Crippen LogP contribution in [0.15, 0.2) is 53.4 Å². The molecule has 0 spiro atoms. The van der Waals surface area contributed by atoms with Gasteiger partial charge in [-0.3, -0.25) is 10.3 Å². The molecule has 0 fully saturated rings. The van der Waals surface area contributed by atoms with Gasteiger partial charge in [0.1, 0.15) is 16.4 Å². The number of aryl methyl sites for hydroxylation is 1. The summed E-state index contributed by atoms with van der Waals surface area (Å²) >= 11 is 3.39. The van der Waals surface area contributed by atoms with Gasteiger partial charge in [0.2, 0.25) is 0 Å². The van der Waals surface area contributed by atoms with Crippen molar-refractivity contribution in [1.82, 2.24) is 24.7 Å². The number of rotatable bonds is 5. The van der Waals surface area contributed by atoms with Gasteiger partial charge in [-0.2, -0.15) is 5.10 Å². The number of carboxylic acid groups (broad SMARTS) is 1. The highest BCUT2D eigenvalue weighted by atomic mass is 79.9. The fourth-order valence-corrected chi connectivity index (χ4v) is 3.34. The van der Waals surface area contributed by atoms with Crippen LogP contribution in [0.5, 0.6) is 5.75 Å². The van der Waals surface area contributed by atoms with Crippen LogP contribution in [0.4, 0.5) is 10.6 Å². The summed E-state index contributed by atoms with van der Waals surface area (Å²) in [5.74, 6) is 0.340. The highest BCUT2D eigenvalue weighted by Crippen LogP contribution is 2.32. The predicted octanol–water partition coefficient (Wildman–Crippen LogP) is 4.51. The highest BCUT2D eigenvalue weighted by Gasteiger charge is 2.20. The molecule has 1 atom stereocenters. The van der Waals surface area contributed by atoms with Crippen LogP contribution in [0.25, 0.3) is 16.7 Å². The largest absolute Gasteiger partial charge is 0.480 e. The van der Waals surface area contributed by atoms with E-state index in [-0.39, 0.29) is 11.6 Å². The van der Waals surface area contributed by atoms with Gasteiger partial charge in [-0.15, -0.1) is 0 Å². The molecule has 1 amide bonds. The van der Waals surface area contributed by atoms with E-state index in [4.69, 9.17) is 4.74 Å². The van der Waals surface area contributed by atoms with Gasteiger partial charge in [-0.25, -0.2) is 19.4 Å². The molecule has 30 heavy (non-hydrogen) atoms. The van der Waals surface area contributed by atoms with Gasteiger partial charge >= 0.3 is 6.09 Å². The third-order valence-corrected chi connectivity index (χ3v) is 4.75. The number of halogens is 1. The minimum atomic E-state index is -1.24. The van der Waals surface area contributed by atoms with Crippen molar-refractivity contribution in [1.29, 1.82) is 0 Å². The van der Waals surface area contributed by atoms with E-state index in [9.17, 15) is 9.90 Å². The first-order chi connectivity index (χ1) is 14.4. The zero-order valence-electron chi connectivity index (χ0n) is 16.1. The second-order valence-electron chi connectivity index (χ2n) is 6.51. The lowest BCUT2D eigenvalue weighted by Crippen LogP contribution is -2.14. The van der Waals surface area contributed by atoms with Gasteiger partial charge in [-0.1, -0.05) is 0 Å². The average molecular weight is 469 g/mol. The molecule has 0 saturated carbocycles. The summed E-state index contributed by atoms with van der Waals surface area (Å²) in [4.78, 5) is 24.6. The number of fused-ring (bicyclic) bond motifs is 1. The van der Waals surface area contributed by atoms with Crippen LogP contribution in [0.1, 0.15) is 24.4 Å². The standard InChI is InChI=1S/C20H17BrN6O3/c1-11-4-5-13-14(23-11)10-16(19(24-13)26-20(28)29)30-12(2)18-15(6-7-17(21)25-18)27-9-3-8-22-27/h3-10,12H,1-2H3,(H,24,26)(H,28,29). The Bertz CT molecular complexity index is 1230. The van der Waals surface area contributed by atoms with Crippen molar-refractivity contribution in [3.63, 3.8) is 0 Å². The molecular formula is C20H17BrN6O3. The molecule has 0 bridgehead atoms. The monoisotopic (exact) mass is 468 g/mol. The first-order valence-corrected chi connectivity index (χ1v) is 9.81. The normalized spacial score (nSPS) is 12.0. The predicted molar refractivity (Wildman–Crippen MR) is 114 cm³/mol. The first kappa shape index (κ1) is 19.8. The van der Waals surface area contributed by atoms with Crippen molar-refractivity contribution in [2.24, 2.45) is 0 Å². The van der Waals surface area contributed by atoms with Gasteiger partial charge in [0.15, 0.2) is 11.6 Å². The Balaban J connectivity index is 1.77. The molecule has 4 aromatic heterocycles. The summed E-state index contributed by atoms with van der Waals surface area (Å²) < 4.78 is 8.45. The molecule has 10 heteroatoms. The van der Waals surface area contributed by atoms with Crippen LogP contribution in [0.2, 0.25) is 0 Å². The van der Waals surface area contributed by atoms with E-state index in [1.54, 1.807) is 23.0 Å². The van der Waals surface area contributed by atoms with Crippen LogP contribution in [-0.2, 0) is 0 Å². The van der Waals surface area contributed by atoms with Gasteiger partial charge < -0.3 is 9.84 Å². The second kappa shape index (κ2) is 8.07. The molecule has 152 valence electrons. The molecule has 0 aliphatic heterocycles. The van der Waals surface area contributed by atoms with Crippen molar-refractivity contribution >= 4 is 38.9 Å². The zero-order valence-corrected chi connectivity index (χ0v) is 17.7. The van der Waals surface area contributed by atoms with E-state index in [0.29, 0.717) is 21.3 Å². The molecule has 0 aliphatic carbocycles. The quantitative estimate of drug-likeness (QED) is 0.413. The van der Waals surface area contributed by atoms with E-state index < -0.39 is 12.2 Å². The van der Waals surface area contributed by atoms with Crippen molar-refractivity contribution in [3.05, 3.63) is 64.8 Å². The molecule has 4 rings (SSSR count). The minimum Gasteiger partial charge on any atom is -0.480 e. The van der Waals surface area contributed by atoms with Crippen molar-refractivity contribution in [2.45, 2.75) is 20.0 Å². The molecule has 4 heterocycles. The number of hydrogen-bond acceptors (Lipinski definition) is 6. The van der Waals surface area contributed by atoms with E-state index in [2.05, 4.69) is 41.3 Å². The van der Waals surface area contributed by atoms with Gasteiger partial charge in [0.05, 0.1) is 16.7 Å². The maximum absolute atomic E-state index is 11.3. The molecule has 4 aromatic rings. The number of aromatic nitrogens is 5. The number of nitrogens with zero attached hydrogens (tertiary/aromatic N) is 5. The Morgan fingerprint density at radius 3 is 2.77 bits per heavy atom. The molecule has 0 aromatic carbocycles.